The fourth-order valence-electron chi connectivity index (χ4n) is 3.23. The van der Waals surface area contributed by atoms with Gasteiger partial charge in [0.05, 0.1) is 18.7 Å². The van der Waals surface area contributed by atoms with Crippen molar-refractivity contribution in [2.75, 3.05) is 45.8 Å². The highest BCUT2D eigenvalue weighted by Crippen LogP contribution is 2.26. The lowest BCUT2D eigenvalue weighted by molar-refractivity contribution is -0.132. The molecular formula is C19H26BrN5O2. The maximum Gasteiger partial charge on any atom is 0.248 e. The first-order valence-corrected chi connectivity index (χ1v) is 10.2. The predicted octanol–water partition coefficient (Wildman–Crippen LogP) is 2.49. The van der Waals surface area contributed by atoms with Gasteiger partial charge >= 0.3 is 0 Å². The molecule has 0 radical (unpaired) electrons. The minimum Gasteiger partial charge on any atom is -0.419 e. The molecule has 8 heteroatoms. The number of hydrogen-bond donors (Lipinski definition) is 0. The molecule has 0 unspecified atom stereocenters. The molecule has 3 rings (SSSR count). The van der Waals surface area contributed by atoms with Gasteiger partial charge in [-0.3, -0.25) is 14.6 Å². The molecule has 2 heterocycles. The van der Waals surface area contributed by atoms with Crippen molar-refractivity contribution in [3.8, 4) is 11.5 Å². The number of halogens is 1. The van der Waals surface area contributed by atoms with Crippen LogP contribution in [0.4, 0.5) is 0 Å². The van der Waals surface area contributed by atoms with Gasteiger partial charge in [0.1, 0.15) is 0 Å². The first-order valence-electron chi connectivity index (χ1n) is 9.40. The summed E-state index contributed by atoms with van der Waals surface area (Å²) in [7, 11) is 0. The van der Waals surface area contributed by atoms with Gasteiger partial charge in [-0.15, -0.1) is 10.2 Å². The third-order valence-electron chi connectivity index (χ3n) is 4.87. The Labute approximate surface area is 168 Å². The Morgan fingerprint density at radius 1 is 1.11 bits per heavy atom. The minimum absolute atomic E-state index is 0.212. The van der Waals surface area contributed by atoms with E-state index in [1.807, 2.05) is 43.0 Å². The van der Waals surface area contributed by atoms with Crippen molar-refractivity contribution < 1.29 is 9.21 Å². The molecule has 1 aromatic heterocycles. The van der Waals surface area contributed by atoms with Gasteiger partial charge in [-0.2, -0.15) is 0 Å². The van der Waals surface area contributed by atoms with E-state index in [0.717, 1.165) is 49.3 Å². The Hall–Kier alpha value is -1.77. The molecule has 1 aliphatic heterocycles. The maximum atomic E-state index is 12.2. The molecule has 1 saturated heterocycles. The van der Waals surface area contributed by atoms with E-state index < -0.39 is 0 Å². The highest BCUT2D eigenvalue weighted by Gasteiger charge is 2.22. The molecule has 0 aliphatic carbocycles. The van der Waals surface area contributed by atoms with Crippen LogP contribution in [0.2, 0.25) is 0 Å². The first kappa shape index (κ1) is 20.0. The number of carbonyl (C=O) groups excluding carboxylic acids is 1. The van der Waals surface area contributed by atoms with Gasteiger partial charge in [-0.1, -0.05) is 12.1 Å². The van der Waals surface area contributed by atoms with Crippen molar-refractivity contribution in [3.63, 3.8) is 0 Å². The SMILES string of the molecule is CCN(CC)C(=O)CN1CCN(Cc2nnc(-c3ccccc3Br)o2)CC1. The molecule has 1 amide bonds. The van der Waals surface area contributed by atoms with Crippen LogP contribution >= 0.6 is 15.9 Å². The number of hydrogen-bond acceptors (Lipinski definition) is 6. The average Bonchev–Trinajstić information content (AvgIpc) is 3.13. The van der Waals surface area contributed by atoms with E-state index in [1.54, 1.807) is 0 Å². The monoisotopic (exact) mass is 435 g/mol. The molecule has 0 atom stereocenters. The number of nitrogens with zero attached hydrogens (tertiary/aromatic N) is 5. The highest BCUT2D eigenvalue weighted by atomic mass is 79.9. The lowest BCUT2D eigenvalue weighted by Gasteiger charge is -2.34. The standard InChI is InChI=1S/C19H26BrN5O2/c1-3-25(4-2)18(26)14-24-11-9-23(10-12-24)13-17-21-22-19(27-17)15-7-5-6-8-16(15)20/h5-8H,3-4,9-14H2,1-2H3. The Bertz CT molecular complexity index is 754. The van der Waals surface area contributed by atoms with Crippen LogP contribution in [0.5, 0.6) is 0 Å². The first-order chi connectivity index (χ1) is 13.1. The van der Waals surface area contributed by atoms with Gasteiger partial charge in [0.2, 0.25) is 17.7 Å². The van der Waals surface area contributed by atoms with E-state index in [4.69, 9.17) is 4.42 Å². The van der Waals surface area contributed by atoms with E-state index in [0.29, 0.717) is 24.9 Å². The number of carbonyl (C=O) groups is 1. The fraction of sp³-hybridized carbons (Fsp3) is 0.526. The van der Waals surface area contributed by atoms with Crippen LogP contribution in [-0.2, 0) is 11.3 Å². The zero-order valence-electron chi connectivity index (χ0n) is 15.9. The Morgan fingerprint density at radius 3 is 2.44 bits per heavy atom. The van der Waals surface area contributed by atoms with Crippen molar-refractivity contribution in [2.45, 2.75) is 20.4 Å². The molecule has 1 aliphatic rings. The van der Waals surface area contributed by atoms with Crippen LogP contribution in [0.25, 0.3) is 11.5 Å². The van der Waals surface area contributed by atoms with Gasteiger partial charge in [-0.05, 0) is 41.9 Å². The summed E-state index contributed by atoms with van der Waals surface area (Å²) in [5, 5.41) is 8.36. The number of rotatable bonds is 7. The van der Waals surface area contributed by atoms with E-state index in [2.05, 4.69) is 35.9 Å². The maximum absolute atomic E-state index is 12.2. The Morgan fingerprint density at radius 2 is 1.78 bits per heavy atom. The van der Waals surface area contributed by atoms with Gasteiger partial charge in [0.25, 0.3) is 0 Å². The van der Waals surface area contributed by atoms with Crippen LogP contribution in [-0.4, -0.2) is 76.6 Å². The summed E-state index contributed by atoms with van der Waals surface area (Å²) < 4.78 is 6.77. The number of piperazine rings is 1. The smallest absolute Gasteiger partial charge is 0.248 e. The highest BCUT2D eigenvalue weighted by molar-refractivity contribution is 9.10. The molecular weight excluding hydrogens is 410 g/mol. The number of amides is 1. The summed E-state index contributed by atoms with van der Waals surface area (Å²) in [6.45, 7) is 10.2. The molecule has 0 saturated carbocycles. The molecule has 27 heavy (non-hydrogen) atoms. The van der Waals surface area contributed by atoms with Gasteiger partial charge in [0, 0.05) is 43.7 Å². The zero-order valence-corrected chi connectivity index (χ0v) is 17.5. The van der Waals surface area contributed by atoms with E-state index in [1.165, 1.54) is 0 Å². The van der Waals surface area contributed by atoms with Crippen molar-refractivity contribution >= 4 is 21.8 Å². The molecule has 0 spiro atoms. The summed E-state index contributed by atoms with van der Waals surface area (Å²) in [6.07, 6.45) is 0. The quantitative estimate of drug-likeness (QED) is 0.665. The third kappa shape index (κ3) is 5.15. The van der Waals surface area contributed by atoms with Crippen molar-refractivity contribution in [2.24, 2.45) is 0 Å². The van der Waals surface area contributed by atoms with Crippen LogP contribution < -0.4 is 0 Å². The molecule has 1 fully saturated rings. The Kier molecular flexibility index (Phi) is 6.98. The van der Waals surface area contributed by atoms with Crippen molar-refractivity contribution in [1.29, 1.82) is 0 Å². The van der Waals surface area contributed by atoms with E-state index in [9.17, 15) is 4.79 Å². The van der Waals surface area contributed by atoms with Crippen LogP contribution in [0.15, 0.2) is 33.2 Å². The lowest BCUT2D eigenvalue weighted by Crippen LogP contribution is -2.49. The summed E-state index contributed by atoms with van der Waals surface area (Å²) in [4.78, 5) is 18.6. The molecule has 0 N–H and O–H groups in total. The molecule has 1 aromatic carbocycles. The molecule has 7 nitrogen and oxygen atoms in total. The van der Waals surface area contributed by atoms with Gasteiger partial charge in [0.15, 0.2) is 0 Å². The van der Waals surface area contributed by atoms with E-state index >= 15 is 0 Å². The number of aromatic nitrogens is 2. The zero-order chi connectivity index (χ0) is 19.2. The molecule has 146 valence electrons. The predicted molar refractivity (Wildman–Crippen MR) is 107 cm³/mol. The summed E-state index contributed by atoms with van der Waals surface area (Å²) >= 11 is 3.51. The second-order valence-electron chi connectivity index (χ2n) is 6.60. The van der Waals surface area contributed by atoms with Crippen molar-refractivity contribution in [1.82, 2.24) is 24.9 Å². The fourth-order valence-corrected chi connectivity index (χ4v) is 3.68. The lowest BCUT2D eigenvalue weighted by atomic mass is 10.2. The largest absolute Gasteiger partial charge is 0.419 e. The van der Waals surface area contributed by atoms with Crippen LogP contribution in [0, 0.1) is 0 Å². The Balaban J connectivity index is 1.50. The van der Waals surface area contributed by atoms with Gasteiger partial charge < -0.3 is 9.32 Å². The number of benzene rings is 1. The van der Waals surface area contributed by atoms with Crippen LogP contribution in [0.1, 0.15) is 19.7 Å². The van der Waals surface area contributed by atoms with Gasteiger partial charge in [-0.25, -0.2) is 0 Å². The topological polar surface area (TPSA) is 65.7 Å². The molecule has 2 aromatic rings. The second-order valence-corrected chi connectivity index (χ2v) is 7.45. The number of likely N-dealkylation sites (N-methyl/N-ethyl adjacent to an activating group) is 1. The molecule has 0 bridgehead atoms. The van der Waals surface area contributed by atoms with Crippen LogP contribution in [0.3, 0.4) is 0 Å². The summed E-state index contributed by atoms with van der Waals surface area (Å²) in [5.74, 6) is 1.36. The van der Waals surface area contributed by atoms with Crippen molar-refractivity contribution in [3.05, 3.63) is 34.6 Å². The average molecular weight is 436 g/mol. The summed E-state index contributed by atoms with van der Waals surface area (Å²) in [5.41, 5.74) is 0.899. The minimum atomic E-state index is 0.212. The second kappa shape index (κ2) is 9.43. The normalized spacial score (nSPS) is 15.8. The van der Waals surface area contributed by atoms with E-state index in [-0.39, 0.29) is 5.91 Å². The summed E-state index contributed by atoms with van der Waals surface area (Å²) in [6, 6.07) is 7.81. The third-order valence-corrected chi connectivity index (χ3v) is 5.56.